The number of anilines is 2. The van der Waals surface area contributed by atoms with E-state index in [1.54, 1.807) is 0 Å². The van der Waals surface area contributed by atoms with Gasteiger partial charge in [0, 0.05) is 24.5 Å². The first-order chi connectivity index (χ1) is 13.7. The van der Waals surface area contributed by atoms with Crippen LogP contribution in [0, 0.1) is 6.92 Å². The van der Waals surface area contributed by atoms with Crippen LogP contribution in [0.3, 0.4) is 0 Å². The maximum Gasteiger partial charge on any atom is 0.181 e. The molecule has 28 heavy (non-hydrogen) atoms. The van der Waals surface area contributed by atoms with Gasteiger partial charge in [0.15, 0.2) is 5.11 Å². The summed E-state index contributed by atoms with van der Waals surface area (Å²) in [6, 6.07) is 29.5. The summed E-state index contributed by atoms with van der Waals surface area (Å²) in [5.41, 5.74) is 4.70. The first kappa shape index (κ1) is 20.1. The van der Waals surface area contributed by atoms with E-state index < -0.39 is 0 Å². The van der Waals surface area contributed by atoms with Crippen molar-refractivity contribution in [3.63, 3.8) is 0 Å². The minimum atomic E-state index is 0.814. The zero-order valence-electron chi connectivity index (χ0n) is 16.7. The number of unbranched alkanes of at least 4 members (excludes halogenated alkanes) is 1. The number of para-hydroxylation sites is 1. The molecule has 3 rings (SSSR count). The zero-order chi connectivity index (χ0) is 19.8. The lowest BCUT2D eigenvalue weighted by Crippen LogP contribution is -2.41. The SMILES string of the molecule is CCCCN(Cc1ccccc1)C(=S)N(c1ccccc1)c1cccc(C)c1. The lowest BCUT2D eigenvalue weighted by molar-refractivity contribution is 0.404. The average molecular weight is 389 g/mol. The van der Waals surface area contributed by atoms with Gasteiger partial charge in [0.1, 0.15) is 0 Å². The topological polar surface area (TPSA) is 6.48 Å². The molecule has 0 saturated heterocycles. The van der Waals surface area contributed by atoms with Crippen LogP contribution in [-0.4, -0.2) is 16.6 Å². The smallest absolute Gasteiger partial charge is 0.181 e. The minimum Gasteiger partial charge on any atom is -0.344 e. The van der Waals surface area contributed by atoms with E-state index in [-0.39, 0.29) is 0 Å². The van der Waals surface area contributed by atoms with Gasteiger partial charge in [-0.25, -0.2) is 0 Å². The second-order valence-corrected chi connectivity index (χ2v) is 7.42. The lowest BCUT2D eigenvalue weighted by Gasteiger charge is -2.34. The van der Waals surface area contributed by atoms with Crippen molar-refractivity contribution >= 4 is 28.7 Å². The largest absolute Gasteiger partial charge is 0.344 e. The predicted octanol–water partition coefficient (Wildman–Crippen LogP) is 6.72. The highest BCUT2D eigenvalue weighted by Crippen LogP contribution is 2.28. The summed E-state index contributed by atoms with van der Waals surface area (Å²) in [5, 5.41) is 0.842. The van der Waals surface area contributed by atoms with Crippen LogP contribution in [0.5, 0.6) is 0 Å². The summed E-state index contributed by atoms with van der Waals surface area (Å²) in [7, 11) is 0. The first-order valence-electron chi connectivity index (χ1n) is 9.93. The number of aryl methyl sites for hydroxylation is 1. The number of nitrogens with zero attached hydrogens (tertiary/aromatic N) is 2. The molecule has 0 aliphatic heterocycles. The molecule has 0 spiro atoms. The molecule has 0 radical (unpaired) electrons. The molecule has 0 N–H and O–H groups in total. The number of rotatable bonds is 7. The van der Waals surface area contributed by atoms with E-state index in [9.17, 15) is 0 Å². The minimum absolute atomic E-state index is 0.814. The molecule has 144 valence electrons. The monoisotopic (exact) mass is 388 g/mol. The van der Waals surface area contributed by atoms with Gasteiger partial charge < -0.3 is 4.90 Å². The van der Waals surface area contributed by atoms with Crippen LogP contribution in [-0.2, 0) is 6.54 Å². The van der Waals surface area contributed by atoms with Gasteiger partial charge in [0.05, 0.1) is 0 Å². The van der Waals surface area contributed by atoms with Gasteiger partial charge in [-0.15, -0.1) is 0 Å². The standard InChI is InChI=1S/C25H28N2S/c1-3-4-18-26(20-22-13-7-5-8-14-22)25(28)27(23-15-9-6-10-16-23)24-17-11-12-21(2)19-24/h5-17,19H,3-4,18,20H2,1-2H3. The van der Waals surface area contributed by atoms with E-state index in [0.29, 0.717) is 0 Å². The third-order valence-electron chi connectivity index (χ3n) is 4.73. The molecule has 0 bridgehead atoms. The van der Waals surface area contributed by atoms with Gasteiger partial charge in [-0.05, 0) is 61.0 Å². The molecule has 0 aromatic heterocycles. The van der Waals surface area contributed by atoms with Crippen LogP contribution in [0.4, 0.5) is 11.4 Å². The summed E-state index contributed by atoms with van der Waals surface area (Å²) in [5.74, 6) is 0. The van der Waals surface area contributed by atoms with E-state index >= 15 is 0 Å². The fourth-order valence-corrected chi connectivity index (χ4v) is 3.62. The Morgan fingerprint density at radius 2 is 1.46 bits per heavy atom. The summed E-state index contributed by atoms with van der Waals surface area (Å²) in [6.45, 7) is 6.10. The number of benzene rings is 3. The molecule has 3 aromatic rings. The van der Waals surface area contributed by atoms with Crippen LogP contribution in [0.25, 0.3) is 0 Å². The second kappa shape index (κ2) is 10.0. The summed E-state index contributed by atoms with van der Waals surface area (Å²) in [6.07, 6.45) is 2.26. The Morgan fingerprint density at radius 1 is 0.821 bits per heavy atom. The van der Waals surface area contributed by atoms with E-state index in [1.165, 1.54) is 11.1 Å². The van der Waals surface area contributed by atoms with Gasteiger partial charge in [0.25, 0.3) is 0 Å². The van der Waals surface area contributed by atoms with Crippen molar-refractivity contribution in [2.45, 2.75) is 33.2 Å². The molecule has 0 heterocycles. The highest BCUT2D eigenvalue weighted by Gasteiger charge is 2.20. The average Bonchev–Trinajstić information content (AvgIpc) is 2.73. The Labute approximate surface area is 174 Å². The third-order valence-corrected chi connectivity index (χ3v) is 5.17. The molecule has 0 amide bonds. The summed E-state index contributed by atoms with van der Waals surface area (Å²) < 4.78 is 0. The number of hydrogen-bond donors (Lipinski definition) is 0. The summed E-state index contributed by atoms with van der Waals surface area (Å²) in [4.78, 5) is 4.52. The zero-order valence-corrected chi connectivity index (χ0v) is 17.5. The third kappa shape index (κ3) is 5.20. The molecule has 2 nitrogen and oxygen atoms in total. The van der Waals surface area contributed by atoms with Crippen molar-refractivity contribution in [1.82, 2.24) is 4.90 Å². The Morgan fingerprint density at radius 3 is 2.11 bits per heavy atom. The van der Waals surface area contributed by atoms with Crippen molar-refractivity contribution in [3.8, 4) is 0 Å². The Balaban J connectivity index is 1.97. The maximum atomic E-state index is 6.07. The molecular formula is C25H28N2S. The molecule has 3 aromatic carbocycles. The highest BCUT2D eigenvalue weighted by atomic mass is 32.1. The van der Waals surface area contributed by atoms with Crippen molar-refractivity contribution < 1.29 is 0 Å². The quantitative estimate of drug-likeness (QED) is 0.415. The molecule has 0 aliphatic rings. The van der Waals surface area contributed by atoms with Gasteiger partial charge in [-0.2, -0.15) is 0 Å². The molecule has 0 fully saturated rings. The summed E-state index contributed by atoms with van der Waals surface area (Å²) >= 11 is 6.07. The molecule has 0 aliphatic carbocycles. The van der Waals surface area contributed by atoms with Gasteiger partial charge in [0.2, 0.25) is 0 Å². The van der Waals surface area contributed by atoms with Crippen molar-refractivity contribution in [3.05, 3.63) is 96.1 Å². The molecular weight excluding hydrogens is 360 g/mol. The Bertz CT molecular complexity index is 877. The lowest BCUT2D eigenvalue weighted by atomic mass is 10.1. The van der Waals surface area contributed by atoms with Crippen LogP contribution in [0.1, 0.15) is 30.9 Å². The van der Waals surface area contributed by atoms with E-state index in [0.717, 1.165) is 42.4 Å². The predicted molar refractivity (Wildman–Crippen MR) is 124 cm³/mol. The Hall–Kier alpha value is -2.65. The normalized spacial score (nSPS) is 10.5. The fourth-order valence-electron chi connectivity index (χ4n) is 3.25. The highest BCUT2D eigenvalue weighted by molar-refractivity contribution is 7.80. The fraction of sp³-hybridized carbons (Fsp3) is 0.240. The van der Waals surface area contributed by atoms with Crippen molar-refractivity contribution in [1.29, 1.82) is 0 Å². The molecule has 0 atom stereocenters. The molecule has 3 heteroatoms. The van der Waals surface area contributed by atoms with Crippen LogP contribution < -0.4 is 4.90 Å². The van der Waals surface area contributed by atoms with Crippen LogP contribution >= 0.6 is 12.2 Å². The first-order valence-corrected chi connectivity index (χ1v) is 10.3. The number of hydrogen-bond acceptors (Lipinski definition) is 1. The molecule has 0 saturated carbocycles. The Kier molecular flexibility index (Phi) is 7.21. The van der Waals surface area contributed by atoms with E-state index in [4.69, 9.17) is 12.2 Å². The van der Waals surface area contributed by atoms with Gasteiger partial charge >= 0.3 is 0 Å². The van der Waals surface area contributed by atoms with Crippen LogP contribution in [0.2, 0.25) is 0 Å². The van der Waals surface area contributed by atoms with Gasteiger partial charge in [-0.1, -0.05) is 74.0 Å². The van der Waals surface area contributed by atoms with Crippen molar-refractivity contribution in [2.24, 2.45) is 0 Å². The van der Waals surface area contributed by atoms with E-state index in [2.05, 4.69) is 103 Å². The molecule has 0 unspecified atom stereocenters. The van der Waals surface area contributed by atoms with Gasteiger partial charge in [-0.3, -0.25) is 4.90 Å². The second-order valence-electron chi connectivity index (χ2n) is 7.05. The van der Waals surface area contributed by atoms with Crippen LogP contribution in [0.15, 0.2) is 84.9 Å². The van der Waals surface area contributed by atoms with Crippen molar-refractivity contribution in [2.75, 3.05) is 11.4 Å². The van der Waals surface area contributed by atoms with E-state index in [1.807, 2.05) is 6.07 Å². The number of thiocarbonyl (C=S) groups is 1. The maximum absolute atomic E-state index is 6.07.